The van der Waals surface area contributed by atoms with Gasteiger partial charge in [-0.05, 0) is 17.7 Å². The summed E-state index contributed by atoms with van der Waals surface area (Å²) in [5.41, 5.74) is 2.69. The van der Waals surface area contributed by atoms with Gasteiger partial charge in [-0.25, -0.2) is 0 Å². The molecule has 108 valence electrons. The Morgan fingerprint density at radius 2 is 1.62 bits per heavy atom. The highest BCUT2D eigenvalue weighted by Gasteiger charge is 2.12. The molecule has 21 heavy (non-hydrogen) atoms. The fourth-order valence-corrected chi connectivity index (χ4v) is 2.17. The number of nitrogens with one attached hydrogen (secondary N) is 1. The predicted octanol–water partition coefficient (Wildman–Crippen LogP) is 4.13. The maximum Gasteiger partial charge on any atom is 0.146 e. The van der Waals surface area contributed by atoms with Gasteiger partial charge in [0.25, 0.3) is 0 Å². The molecule has 0 radical (unpaired) electrons. The molecule has 0 bridgehead atoms. The Balaban J connectivity index is 2.28. The topological polar surface area (TPSA) is 30.5 Å². The number of rotatable bonds is 5. The van der Waals surface area contributed by atoms with Crippen LogP contribution in [0.4, 0.5) is 5.69 Å². The third kappa shape index (κ3) is 3.41. The number of hydrogen-bond donors (Lipinski definition) is 1. The Kier molecular flexibility index (Phi) is 4.95. The summed E-state index contributed by atoms with van der Waals surface area (Å²) >= 11 is 5.45. The molecule has 0 unspecified atom stereocenters. The summed E-state index contributed by atoms with van der Waals surface area (Å²) in [7, 11) is 3.23. The third-order valence-corrected chi connectivity index (χ3v) is 3.41. The maximum atomic E-state index is 5.45. The quantitative estimate of drug-likeness (QED) is 0.841. The molecule has 0 fully saturated rings. The number of benzene rings is 2. The van der Waals surface area contributed by atoms with Gasteiger partial charge in [0, 0.05) is 5.56 Å². The lowest BCUT2D eigenvalue weighted by Crippen LogP contribution is -2.12. The smallest absolute Gasteiger partial charge is 0.146 e. The van der Waals surface area contributed by atoms with Crippen LogP contribution in [0.25, 0.3) is 6.08 Å². The van der Waals surface area contributed by atoms with Crippen molar-refractivity contribution in [2.24, 2.45) is 0 Å². The first-order valence-electron chi connectivity index (χ1n) is 6.44. The van der Waals surface area contributed by atoms with Gasteiger partial charge in [0.1, 0.15) is 22.2 Å². The minimum absolute atomic E-state index is 0.605. The zero-order valence-corrected chi connectivity index (χ0v) is 12.9. The first-order valence-corrected chi connectivity index (χ1v) is 6.85. The van der Waals surface area contributed by atoms with Crippen LogP contribution in [-0.4, -0.2) is 19.2 Å². The summed E-state index contributed by atoms with van der Waals surface area (Å²) in [6.07, 6.45) is 1.80. The lowest BCUT2D eigenvalue weighted by atomic mass is 10.1. The van der Waals surface area contributed by atoms with Gasteiger partial charge in [0.15, 0.2) is 0 Å². The van der Waals surface area contributed by atoms with Crippen molar-refractivity contribution in [2.45, 2.75) is 0 Å². The zero-order valence-electron chi connectivity index (χ0n) is 12.1. The molecule has 0 aliphatic heterocycles. The summed E-state index contributed by atoms with van der Waals surface area (Å²) in [5.74, 6) is 1.36. The number of thiocarbonyl (C=S) groups is 1. The lowest BCUT2D eigenvalue weighted by molar-refractivity contribution is 0.398. The van der Waals surface area contributed by atoms with Gasteiger partial charge in [-0.15, -0.1) is 0 Å². The van der Waals surface area contributed by atoms with Gasteiger partial charge in [0.05, 0.1) is 14.2 Å². The van der Waals surface area contributed by atoms with Crippen molar-refractivity contribution in [2.75, 3.05) is 19.5 Å². The molecule has 2 aromatic carbocycles. The Labute approximate surface area is 130 Å². The van der Waals surface area contributed by atoms with E-state index in [-0.39, 0.29) is 0 Å². The number of para-hydroxylation sites is 1. The highest BCUT2D eigenvalue weighted by atomic mass is 32.1. The average molecular weight is 299 g/mol. The maximum absolute atomic E-state index is 5.45. The molecule has 0 saturated carbocycles. The SMILES string of the molecule is C=Cc1ccc(C(=S)Nc2c(OC)cccc2OC)cc1. The van der Waals surface area contributed by atoms with E-state index in [1.54, 1.807) is 20.3 Å². The monoisotopic (exact) mass is 299 g/mol. The summed E-state index contributed by atoms with van der Waals surface area (Å²) in [6, 6.07) is 13.4. The van der Waals surface area contributed by atoms with Crippen LogP contribution in [0.15, 0.2) is 49.0 Å². The number of hydrogen-bond acceptors (Lipinski definition) is 3. The lowest BCUT2D eigenvalue weighted by Gasteiger charge is -2.15. The Morgan fingerprint density at radius 3 is 2.10 bits per heavy atom. The summed E-state index contributed by atoms with van der Waals surface area (Å²) in [4.78, 5) is 0.605. The molecule has 2 aromatic rings. The van der Waals surface area contributed by atoms with E-state index in [1.165, 1.54) is 0 Å². The van der Waals surface area contributed by atoms with E-state index >= 15 is 0 Å². The van der Waals surface area contributed by atoms with Crippen molar-refractivity contribution in [1.82, 2.24) is 0 Å². The summed E-state index contributed by atoms with van der Waals surface area (Å²) in [6.45, 7) is 3.74. The molecule has 0 aliphatic carbocycles. The van der Waals surface area contributed by atoms with Crippen molar-refractivity contribution < 1.29 is 9.47 Å². The van der Waals surface area contributed by atoms with Crippen LogP contribution >= 0.6 is 12.2 Å². The van der Waals surface area contributed by atoms with Crippen molar-refractivity contribution >= 4 is 29.0 Å². The highest BCUT2D eigenvalue weighted by molar-refractivity contribution is 7.81. The molecule has 0 saturated heterocycles. The van der Waals surface area contributed by atoms with E-state index in [4.69, 9.17) is 21.7 Å². The van der Waals surface area contributed by atoms with E-state index in [9.17, 15) is 0 Å². The second-order valence-electron chi connectivity index (χ2n) is 4.32. The molecular formula is C17H17NO2S. The first-order chi connectivity index (χ1) is 10.2. The molecule has 0 aromatic heterocycles. The number of anilines is 1. The highest BCUT2D eigenvalue weighted by Crippen LogP contribution is 2.34. The molecule has 0 aliphatic rings. The molecule has 3 nitrogen and oxygen atoms in total. The molecule has 0 amide bonds. The van der Waals surface area contributed by atoms with Crippen LogP contribution in [0.1, 0.15) is 11.1 Å². The van der Waals surface area contributed by atoms with Crippen molar-refractivity contribution in [3.63, 3.8) is 0 Å². The summed E-state index contributed by atoms with van der Waals surface area (Å²) in [5, 5.41) is 3.19. The van der Waals surface area contributed by atoms with Gasteiger partial charge in [-0.2, -0.15) is 0 Å². The molecular weight excluding hydrogens is 282 g/mol. The van der Waals surface area contributed by atoms with Crippen molar-refractivity contribution in [3.05, 3.63) is 60.2 Å². The summed E-state index contributed by atoms with van der Waals surface area (Å²) < 4.78 is 10.7. The zero-order chi connectivity index (χ0) is 15.2. The normalized spacial score (nSPS) is 9.81. The Morgan fingerprint density at radius 1 is 1.05 bits per heavy atom. The van der Waals surface area contributed by atoms with Crippen molar-refractivity contribution in [1.29, 1.82) is 0 Å². The van der Waals surface area contributed by atoms with Crippen LogP contribution < -0.4 is 14.8 Å². The average Bonchev–Trinajstić information content (AvgIpc) is 2.55. The molecule has 2 rings (SSSR count). The van der Waals surface area contributed by atoms with Crippen LogP contribution in [0, 0.1) is 0 Å². The molecule has 1 N–H and O–H groups in total. The van der Waals surface area contributed by atoms with Crippen LogP contribution in [0.3, 0.4) is 0 Å². The molecule has 0 atom stereocenters. The van der Waals surface area contributed by atoms with Gasteiger partial charge in [0.2, 0.25) is 0 Å². The van der Waals surface area contributed by atoms with Crippen molar-refractivity contribution in [3.8, 4) is 11.5 Å². The second kappa shape index (κ2) is 6.90. The molecule has 0 spiro atoms. The third-order valence-electron chi connectivity index (χ3n) is 3.07. The van der Waals surface area contributed by atoms with Gasteiger partial charge >= 0.3 is 0 Å². The minimum Gasteiger partial charge on any atom is -0.494 e. The van der Waals surface area contributed by atoms with Gasteiger partial charge < -0.3 is 14.8 Å². The molecule has 0 heterocycles. The predicted molar refractivity (Wildman–Crippen MR) is 91.4 cm³/mol. The Bertz CT molecular complexity index is 628. The van der Waals surface area contributed by atoms with Gasteiger partial charge in [-0.1, -0.05) is 55.2 Å². The fraction of sp³-hybridized carbons (Fsp3) is 0.118. The van der Waals surface area contributed by atoms with Gasteiger partial charge in [-0.3, -0.25) is 0 Å². The second-order valence-corrected chi connectivity index (χ2v) is 4.73. The van der Waals surface area contributed by atoms with Crippen LogP contribution in [-0.2, 0) is 0 Å². The fourth-order valence-electron chi connectivity index (χ4n) is 1.93. The van der Waals surface area contributed by atoms with E-state index in [2.05, 4.69) is 11.9 Å². The van der Waals surface area contributed by atoms with Crippen LogP contribution in [0.2, 0.25) is 0 Å². The Hall–Kier alpha value is -2.33. The standard InChI is InChI=1S/C17H17NO2S/c1-4-12-8-10-13(11-9-12)17(21)18-16-14(19-2)6-5-7-15(16)20-3/h4-11H,1H2,2-3H3,(H,18,21). The minimum atomic E-state index is 0.605. The van der Waals surface area contributed by atoms with E-state index in [0.29, 0.717) is 16.5 Å². The first kappa shape index (κ1) is 15.1. The van der Waals surface area contributed by atoms with E-state index in [1.807, 2.05) is 42.5 Å². The largest absolute Gasteiger partial charge is 0.494 e. The van der Waals surface area contributed by atoms with E-state index < -0.39 is 0 Å². The number of ether oxygens (including phenoxy) is 2. The number of methoxy groups -OCH3 is 2. The van der Waals surface area contributed by atoms with Crippen LogP contribution in [0.5, 0.6) is 11.5 Å². The van der Waals surface area contributed by atoms with E-state index in [0.717, 1.165) is 16.8 Å². The molecule has 4 heteroatoms.